The Hall–Kier alpha value is -0.820. The van der Waals surface area contributed by atoms with Gasteiger partial charge in [-0.2, -0.15) is 0 Å². The lowest BCUT2D eigenvalue weighted by Crippen LogP contribution is -2.40. The van der Waals surface area contributed by atoms with E-state index in [2.05, 4.69) is 43.0 Å². The second-order valence-corrected chi connectivity index (χ2v) is 5.73. The van der Waals surface area contributed by atoms with Gasteiger partial charge in [0.15, 0.2) is 0 Å². The fourth-order valence-electron chi connectivity index (χ4n) is 3.03. The van der Waals surface area contributed by atoms with Gasteiger partial charge in [0.1, 0.15) is 0 Å². The summed E-state index contributed by atoms with van der Waals surface area (Å²) < 4.78 is 0. The molecule has 1 aromatic carbocycles. The maximum Gasteiger partial charge on any atom is 0.0136 e. The largest absolute Gasteiger partial charge is 0.300 e. The van der Waals surface area contributed by atoms with Crippen molar-refractivity contribution in [3.05, 3.63) is 35.4 Å². The Bertz CT molecular complexity index is 335. The molecule has 2 rings (SSSR count). The van der Waals surface area contributed by atoms with E-state index in [4.69, 9.17) is 0 Å². The molecule has 0 aliphatic carbocycles. The van der Waals surface area contributed by atoms with E-state index in [1.54, 1.807) is 0 Å². The number of hydrogen-bond acceptors (Lipinski definition) is 1. The Morgan fingerprint density at radius 1 is 1.06 bits per heavy atom. The van der Waals surface area contributed by atoms with E-state index in [9.17, 15) is 0 Å². The molecule has 0 aromatic heterocycles. The third-order valence-electron chi connectivity index (χ3n) is 4.12. The fraction of sp³-hybridized carbons (Fsp3) is 0.647. The number of rotatable bonds is 5. The first-order chi connectivity index (χ1) is 8.79. The Morgan fingerprint density at radius 2 is 1.72 bits per heavy atom. The third-order valence-corrected chi connectivity index (χ3v) is 4.12. The molecular weight excluding hydrogens is 218 g/mol. The first kappa shape index (κ1) is 13.6. The minimum atomic E-state index is 0.762. The molecule has 18 heavy (non-hydrogen) atoms. The molecule has 0 amide bonds. The van der Waals surface area contributed by atoms with Crippen LogP contribution in [0.4, 0.5) is 0 Å². The Balaban J connectivity index is 1.98. The summed E-state index contributed by atoms with van der Waals surface area (Å²) in [4.78, 5) is 2.73. The SMILES string of the molecule is CCCC(Cc1ccc(C)cc1)N1CCCCC1. The van der Waals surface area contributed by atoms with Crippen molar-refractivity contribution in [2.45, 2.75) is 58.4 Å². The van der Waals surface area contributed by atoms with E-state index in [1.165, 1.54) is 62.7 Å². The van der Waals surface area contributed by atoms with Gasteiger partial charge in [-0.3, -0.25) is 0 Å². The standard InChI is InChI=1S/C17H27N/c1-3-7-17(18-12-5-4-6-13-18)14-16-10-8-15(2)9-11-16/h8-11,17H,3-7,12-14H2,1-2H3. The number of benzene rings is 1. The number of likely N-dealkylation sites (tertiary alicyclic amines) is 1. The van der Waals surface area contributed by atoms with E-state index < -0.39 is 0 Å². The summed E-state index contributed by atoms with van der Waals surface area (Å²) >= 11 is 0. The minimum Gasteiger partial charge on any atom is -0.300 e. The summed E-state index contributed by atoms with van der Waals surface area (Å²) in [5.41, 5.74) is 2.87. The molecule has 1 unspecified atom stereocenters. The van der Waals surface area contributed by atoms with E-state index in [0.29, 0.717) is 0 Å². The van der Waals surface area contributed by atoms with Crippen LogP contribution in [0.5, 0.6) is 0 Å². The van der Waals surface area contributed by atoms with Crippen molar-refractivity contribution < 1.29 is 0 Å². The van der Waals surface area contributed by atoms with Gasteiger partial charge in [-0.15, -0.1) is 0 Å². The van der Waals surface area contributed by atoms with Crippen molar-refractivity contribution in [2.24, 2.45) is 0 Å². The van der Waals surface area contributed by atoms with Gasteiger partial charge in [0.2, 0.25) is 0 Å². The quantitative estimate of drug-likeness (QED) is 0.752. The van der Waals surface area contributed by atoms with Gasteiger partial charge in [0.25, 0.3) is 0 Å². The zero-order chi connectivity index (χ0) is 12.8. The number of aryl methyl sites for hydroxylation is 1. The second kappa shape index (κ2) is 6.94. The van der Waals surface area contributed by atoms with Gasteiger partial charge in [-0.05, 0) is 51.3 Å². The summed E-state index contributed by atoms with van der Waals surface area (Å²) in [7, 11) is 0. The normalized spacial score (nSPS) is 18.8. The highest BCUT2D eigenvalue weighted by molar-refractivity contribution is 5.22. The summed E-state index contributed by atoms with van der Waals surface area (Å²) in [6.07, 6.45) is 8.09. The summed E-state index contributed by atoms with van der Waals surface area (Å²) in [5.74, 6) is 0. The maximum absolute atomic E-state index is 2.73. The smallest absolute Gasteiger partial charge is 0.0136 e. The van der Waals surface area contributed by atoms with Gasteiger partial charge >= 0.3 is 0 Å². The molecule has 1 aromatic rings. The summed E-state index contributed by atoms with van der Waals surface area (Å²) in [5, 5.41) is 0. The average Bonchev–Trinajstić information content (AvgIpc) is 2.42. The summed E-state index contributed by atoms with van der Waals surface area (Å²) in [6, 6.07) is 9.87. The maximum atomic E-state index is 2.73. The van der Waals surface area contributed by atoms with Crippen molar-refractivity contribution in [1.82, 2.24) is 4.90 Å². The molecule has 1 aliphatic rings. The number of hydrogen-bond donors (Lipinski definition) is 0. The molecule has 1 fully saturated rings. The van der Waals surface area contributed by atoms with Gasteiger partial charge in [-0.25, -0.2) is 0 Å². The van der Waals surface area contributed by atoms with E-state index in [1.807, 2.05) is 0 Å². The van der Waals surface area contributed by atoms with Crippen LogP contribution in [0.2, 0.25) is 0 Å². The third kappa shape index (κ3) is 3.84. The second-order valence-electron chi connectivity index (χ2n) is 5.73. The highest BCUT2D eigenvalue weighted by Gasteiger charge is 2.19. The van der Waals surface area contributed by atoms with Crippen molar-refractivity contribution in [2.75, 3.05) is 13.1 Å². The van der Waals surface area contributed by atoms with Crippen LogP contribution < -0.4 is 0 Å². The van der Waals surface area contributed by atoms with E-state index in [0.717, 1.165) is 6.04 Å². The van der Waals surface area contributed by atoms with Gasteiger partial charge < -0.3 is 4.90 Å². The van der Waals surface area contributed by atoms with Crippen LogP contribution in [0.15, 0.2) is 24.3 Å². The number of nitrogens with zero attached hydrogens (tertiary/aromatic N) is 1. The zero-order valence-electron chi connectivity index (χ0n) is 12.0. The Morgan fingerprint density at radius 3 is 2.33 bits per heavy atom. The highest BCUT2D eigenvalue weighted by Crippen LogP contribution is 2.19. The van der Waals surface area contributed by atoms with Crippen LogP contribution in [-0.4, -0.2) is 24.0 Å². The Kier molecular flexibility index (Phi) is 5.25. The van der Waals surface area contributed by atoms with Crippen molar-refractivity contribution in [3.63, 3.8) is 0 Å². The molecule has 1 aliphatic heterocycles. The monoisotopic (exact) mass is 245 g/mol. The van der Waals surface area contributed by atoms with Gasteiger partial charge in [0.05, 0.1) is 0 Å². The zero-order valence-corrected chi connectivity index (χ0v) is 12.0. The van der Waals surface area contributed by atoms with Crippen molar-refractivity contribution in [1.29, 1.82) is 0 Å². The topological polar surface area (TPSA) is 3.24 Å². The lowest BCUT2D eigenvalue weighted by atomic mass is 9.97. The first-order valence-electron chi connectivity index (χ1n) is 7.59. The average molecular weight is 245 g/mol. The molecular formula is C17H27N. The van der Waals surface area contributed by atoms with Crippen LogP contribution in [0.25, 0.3) is 0 Å². The van der Waals surface area contributed by atoms with E-state index >= 15 is 0 Å². The molecule has 1 heteroatoms. The van der Waals surface area contributed by atoms with Crippen LogP contribution in [0.1, 0.15) is 50.2 Å². The van der Waals surface area contributed by atoms with Crippen molar-refractivity contribution in [3.8, 4) is 0 Å². The molecule has 1 atom stereocenters. The molecule has 0 saturated carbocycles. The number of piperidine rings is 1. The predicted molar refractivity (Wildman–Crippen MR) is 79.0 cm³/mol. The lowest BCUT2D eigenvalue weighted by molar-refractivity contribution is 0.153. The fourth-order valence-corrected chi connectivity index (χ4v) is 3.03. The van der Waals surface area contributed by atoms with Gasteiger partial charge in [-0.1, -0.05) is 49.6 Å². The lowest BCUT2D eigenvalue weighted by Gasteiger charge is -2.34. The van der Waals surface area contributed by atoms with Crippen molar-refractivity contribution >= 4 is 0 Å². The molecule has 0 bridgehead atoms. The predicted octanol–water partition coefficient (Wildman–Crippen LogP) is 4.19. The molecule has 0 radical (unpaired) electrons. The first-order valence-corrected chi connectivity index (χ1v) is 7.59. The van der Waals surface area contributed by atoms with Crippen LogP contribution in [0.3, 0.4) is 0 Å². The molecule has 1 nitrogen and oxygen atoms in total. The van der Waals surface area contributed by atoms with Gasteiger partial charge in [0, 0.05) is 6.04 Å². The highest BCUT2D eigenvalue weighted by atomic mass is 15.2. The molecule has 0 N–H and O–H groups in total. The molecule has 1 heterocycles. The van der Waals surface area contributed by atoms with Crippen LogP contribution in [0, 0.1) is 6.92 Å². The van der Waals surface area contributed by atoms with Crippen LogP contribution >= 0.6 is 0 Å². The molecule has 100 valence electrons. The minimum absolute atomic E-state index is 0.762. The Labute approximate surface area is 112 Å². The molecule has 1 saturated heterocycles. The molecule has 0 spiro atoms. The van der Waals surface area contributed by atoms with E-state index in [-0.39, 0.29) is 0 Å². The summed E-state index contributed by atoms with van der Waals surface area (Å²) in [6.45, 7) is 7.11. The van der Waals surface area contributed by atoms with Crippen LogP contribution in [-0.2, 0) is 6.42 Å².